The summed E-state index contributed by atoms with van der Waals surface area (Å²) in [6.45, 7) is 2.27. The summed E-state index contributed by atoms with van der Waals surface area (Å²) in [7, 11) is 0. The Morgan fingerprint density at radius 1 is 0.967 bits per heavy atom. The van der Waals surface area contributed by atoms with Gasteiger partial charge in [-0.15, -0.1) is 23.1 Å². The zero-order valence-electron chi connectivity index (χ0n) is 17.5. The van der Waals surface area contributed by atoms with Gasteiger partial charge in [-0.2, -0.15) is 0 Å². The number of rotatable bonds is 8. The van der Waals surface area contributed by atoms with E-state index >= 15 is 0 Å². The summed E-state index contributed by atoms with van der Waals surface area (Å²) in [5.74, 6) is 1.13. The van der Waals surface area contributed by atoms with Crippen molar-refractivity contribution in [3.8, 4) is 11.3 Å². The summed E-state index contributed by atoms with van der Waals surface area (Å²) >= 11 is 3.67. The lowest BCUT2D eigenvalue weighted by Gasteiger charge is -2.09. The molecule has 1 aliphatic rings. The fourth-order valence-corrected chi connectivity index (χ4v) is 6.73. The third-order valence-corrected chi connectivity index (χ3v) is 8.26. The van der Waals surface area contributed by atoms with Gasteiger partial charge in [-0.05, 0) is 42.6 Å². The van der Waals surface area contributed by atoms with Gasteiger partial charge in [0, 0.05) is 10.9 Å². The minimum atomic E-state index is 1.11. The van der Waals surface area contributed by atoms with Gasteiger partial charge in [0.15, 0.2) is 0 Å². The van der Waals surface area contributed by atoms with Crippen molar-refractivity contribution in [1.29, 1.82) is 0 Å². The average molecular weight is 434 g/mol. The maximum atomic E-state index is 5.17. The summed E-state index contributed by atoms with van der Waals surface area (Å²) < 4.78 is 1.22. The quantitative estimate of drug-likeness (QED) is 0.164. The van der Waals surface area contributed by atoms with E-state index in [-0.39, 0.29) is 0 Å². The maximum absolute atomic E-state index is 5.17. The highest BCUT2D eigenvalue weighted by Gasteiger charge is 2.24. The molecule has 3 nitrogen and oxygen atoms in total. The molecule has 0 saturated carbocycles. The Kier molecular flexibility index (Phi) is 6.00. The first-order valence-electron chi connectivity index (χ1n) is 11.1. The molecule has 30 heavy (non-hydrogen) atoms. The van der Waals surface area contributed by atoms with Gasteiger partial charge in [-0.25, -0.2) is 15.0 Å². The van der Waals surface area contributed by atoms with Crippen molar-refractivity contribution >= 4 is 43.5 Å². The molecule has 0 spiro atoms. The predicted molar refractivity (Wildman–Crippen MR) is 130 cm³/mol. The standard InChI is InChI=1S/C25H27N3S2/c1-2-3-4-5-9-15-29-25-23-22(26-16-27-25)20-18-13-10-14-19(18)21(28-24(20)30-23)17-11-7-6-8-12-17/h6-8,11-12,16H,2-5,9-10,13-15H2,1H3. The molecule has 0 radical (unpaired) electrons. The molecule has 5 rings (SSSR count). The zero-order valence-corrected chi connectivity index (χ0v) is 19.1. The number of hydrogen-bond donors (Lipinski definition) is 0. The number of thioether (sulfide) groups is 1. The van der Waals surface area contributed by atoms with E-state index in [1.54, 1.807) is 17.7 Å². The van der Waals surface area contributed by atoms with Crippen LogP contribution in [-0.2, 0) is 12.8 Å². The number of benzene rings is 1. The smallest absolute Gasteiger partial charge is 0.127 e. The Morgan fingerprint density at radius 3 is 2.67 bits per heavy atom. The van der Waals surface area contributed by atoms with Crippen molar-refractivity contribution in [1.82, 2.24) is 15.0 Å². The van der Waals surface area contributed by atoms with Crippen LogP contribution in [0, 0.1) is 0 Å². The second-order valence-electron chi connectivity index (χ2n) is 8.04. The van der Waals surface area contributed by atoms with Crippen LogP contribution in [0.2, 0.25) is 0 Å². The molecule has 0 unspecified atom stereocenters. The van der Waals surface area contributed by atoms with E-state index in [2.05, 4.69) is 42.2 Å². The molecule has 0 saturated heterocycles. The minimum Gasteiger partial charge on any atom is -0.236 e. The largest absolute Gasteiger partial charge is 0.236 e. The van der Waals surface area contributed by atoms with Crippen molar-refractivity contribution in [3.05, 3.63) is 47.8 Å². The molecule has 0 aliphatic heterocycles. The topological polar surface area (TPSA) is 38.7 Å². The summed E-state index contributed by atoms with van der Waals surface area (Å²) in [5, 5.41) is 2.42. The van der Waals surface area contributed by atoms with Crippen LogP contribution < -0.4 is 0 Å². The molecule has 0 atom stereocenters. The Labute approximate surface area is 186 Å². The van der Waals surface area contributed by atoms with Gasteiger partial charge in [0.25, 0.3) is 0 Å². The van der Waals surface area contributed by atoms with E-state index in [0.29, 0.717) is 0 Å². The number of aryl methyl sites for hydroxylation is 1. The van der Waals surface area contributed by atoms with Crippen LogP contribution in [0.5, 0.6) is 0 Å². The third-order valence-electron chi connectivity index (χ3n) is 5.97. The lowest BCUT2D eigenvalue weighted by atomic mass is 10.0. The second-order valence-corrected chi connectivity index (χ2v) is 10.1. The van der Waals surface area contributed by atoms with Crippen molar-refractivity contribution in [2.24, 2.45) is 0 Å². The molecule has 154 valence electrons. The van der Waals surface area contributed by atoms with Crippen molar-refractivity contribution < 1.29 is 0 Å². The first-order valence-corrected chi connectivity index (χ1v) is 12.9. The number of aromatic nitrogens is 3. The molecule has 0 fully saturated rings. The molecule has 0 amide bonds. The third kappa shape index (κ3) is 3.74. The fourth-order valence-electron chi connectivity index (χ4n) is 4.49. The van der Waals surface area contributed by atoms with Crippen molar-refractivity contribution in [3.63, 3.8) is 0 Å². The molecular weight excluding hydrogens is 406 g/mol. The van der Waals surface area contributed by atoms with Crippen molar-refractivity contribution in [2.75, 3.05) is 5.75 Å². The van der Waals surface area contributed by atoms with E-state index in [0.717, 1.165) is 34.0 Å². The first-order chi connectivity index (χ1) is 14.9. The maximum Gasteiger partial charge on any atom is 0.127 e. The number of thiophene rings is 1. The van der Waals surface area contributed by atoms with Gasteiger partial charge in [0.2, 0.25) is 0 Å². The van der Waals surface area contributed by atoms with E-state index in [1.165, 1.54) is 71.0 Å². The second kappa shape index (κ2) is 9.03. The van der Waals surface area contributed by atoms with Gasteiger partial charge in [0.05, 0.1) is 15.9 Å². The summed E-state index contributed by atoms with van der Waals surface area (Å²) in [5.41, 5.74) is 6.41. The van der Waals surface area contributed by atoms with Crippen LogP contribution in [0.1, 0.15) is 56.6 Å². The van der Waals surface area contributed by atoms with Gasteiger partial charge in [-0.1, -0.05) is 62.9 Å². The fraction of sp³-hybridized carbons (Fsp3) is 0.400. The number of pyridine rings is 1. The Morgan fingerprint density at radius 2 is 1.80 bits per heavy atom. The van der Waals surface area contributed by atoms with E-state index in [9.17, 15) is 0 Å². The highest BCUT2D eigenvalue weighted by atomic mass is 32.2. The monoisotopic (exact) mass is 433 g/mol. The molecule has 3 aromatic heterocycles. The number of fused-ring (bicyclic) bond motifs is 5. The normalized spacial score (nSPS) is 13.4. The molecule has 4 aromatic rings. The number of nitrogens with zero attached hydrogens (tertiary/aromatic N) is 3. The van der Waals surface area contributed by atoms with Crippen LogP contribution in [0.3, 0.4) is 0 Å². The molecule has 1 aromatic carbocycles. The Balaban J connectivity index is 1.53. The van der Waals surface area contributed by atoms with Crippen LogP contribution in [0.15, 0.2) is 41.7 Å². The molecule has 5 heteroatoms. The van der Waals surface area contributed by atoms with Gasteiger partial charge >= 0.3 is 0 Å². The lowest BCUT2D eigenvalue weighted by molar-refractivity contribution is 0.659. The molecule has 1 aliphatic carbocycles. The summed E-state index contributed by atoms with van der Waals surface area (Å²) in [6, 6.07) is 10.6. The van der Waals surface area contributed by atoms with Gasteiger partial charge < -0.3 is 0 Å². The van der Waals surface area contributed by atoms with Gasteiger partial charge in [-0.3, -0.25) is 0 Å². The van der Waals surface area contributed by atoms with Crippen LogP contribution in [-0.4, -0.2) is 20.7 Å². The van der Waals surface area contributed by atoms with E-state index in [1.807, 2.05) is 11.8 Å². The summed E-state index contributed by atoms with van der Waals surface area (Å²) in [6.07, 6.45) is 11.8. The van der Waals surface area contributed by atoms with E-state index in [4.69, 9.17) is 9.97 Å². The summed E-state index contributed by atoms with van der Waals surface area (Å²) in [4.78, 5) is 15.7. The SMILES string of the molecule is CCCCCCCSc1ncnc2c1sc1nc(-c3ccccc3)c3c(c12)CCC3. The molecule has 0 N–H and O–H groups in total. The Bertz CT molecular complexity index is 1170. The number of unbranched alkanes of at least 4 members (excludes halogenated alkanes) is 4. The van der Waals surface area contributed by atoms with Crippen LogP contribution >= 0.6 is 23.1 Å². The number of hydrogen-bond acceptors (Lipinski definition) is 5. The first kappa shape index (κ1) is 20.0. The predicted octanol–water partition coefficient (Wildman–Crippen LogP) is 7.46. The lowest BCUT2D eigenvalue weighted by Crippen LogP contribution is -1.94. The van der Waals surface area contributed by atoms with Crippen molar-refractivity contribution in [2.45, 2.75) is 63.3 Å². The Hall–Kier alpha value is -1.98. The van der Waals surface area contributed by atoms with E-state index < -0.39 is 0 Å². The zero-order chi connectivity index (χ0) is 20.3. The van der Waals surface area contributed by atoms with Crippen LogP contribution in [0.4, 0.5) is 0 Å². The highest BCUT2D eigenvalue weighted by molar-refractivity contribution is 7.99. The van der Waals surface area contributed by atoms with Gasteiger partial charge in [0.1, 0.15) is 16.2 Å². The highest BCUT2D eigenvalue weighted by Crippen LogP contribution is 2.43. The average Bonchev–Trinajstić information content (AvgIpc) is 3.41. The minimum absolute atomic E-state index is 1.11. The van der Waals surface area contributed by atoms with Crippen LogP contribution in [0.25, 0.3) is 31.7 Å². The molecule has 0 bridgehead atoms. The molecular formula is C25H27N3S2. The molecule has 3 heterocycles.